The average molecular weight is 464 g/mol. The fourth-order valence-corrected chi connectivity index (χ4v) is 6.15. The molecule has 33 heavy (non-hydrogen) atoms. The molecule has 2 aromatic heterocycles. The molecule has 0 amide bonds. The Balaban J connectivity index is 1.15. The lowest BCUT2D eigenvalue weighted by atomic mass is 9.97. The maximum Gasteiger partial charge on any atom is 0.317 e. The number of benzene rings is 2. The zero-order valence-corrected chi connectivity index (χ0v) is 18.9. The van der Waals surface area contributed by atoms with E-state index in [1.165, 1.54) is 11.3 Å². The number of carbonyl (C=O) groups is 1. The molecule has 2 saturated heterocycles. The molecule has 8 heteroatoms. The molecule has 0 saturated carbocycles. The molecule has 2 N–H and O–H groups in total. The van der Waals surface area contributed by atoms with E-state index in [1.807, 2.05) is 42.5 Å². The van der Waals surface area contributed by atoms with Crippen LogP contribution < -0.4 is 10.1 Å². The van der Waals surface area contributed by atoms with Crippen LogP contribution in [0.2, 0.25) is 0 Å². The van der Waals surface area contributed by atoms with Crippen molar-refractivity contribution in [2.75, 3.05) is 6.54 Å². The molecule has 2 aromatic carbocycles. The molecule has 2 bridgehead atoms. The third kappa shape index (κ3) is 4.21. The van der Waals surface area contributed by atoms with Crippen LogP contribution >= 0.6 is 11.3 Å². The molecule has 170 valence electrons. The van der Waals surface area contributed by atoms with Crippen molar-refractivity contribution < 1.29 is 19.1 Å². The van der Waals surface area contributed by atoms with Crippen molar-refractivity contribution in [3.8, 4) is 10.9 Å². The number of piperidine rings is 1. The highest BCUT2D eigenvalue weighted by atomic mass is 32.1. The predicted octanol–water partition coefficient (Wildman–Crippen LogP) is 5.00. The molecule has 4 heterocycles. The lowest BCUT2D eigenvalue weighted by molar-refractivity contribution is -0.136. The summed E-state index contributed by atoms with van der Waals surface area (Å²) in [6.07, 6.45) is 4.31. The first-order chi connectivity index (χ1) is 16.1. The van der Waals surface area contributed by atoms with E-state index in [0.717, 1.165) is 59.2 Å². The second kappa shape index (κ2) is 8.44. The average Bonchev–Trinajstić information content (AvgIpc) is 3.45. The number of fused-ring (bicyclic) bond motifs is 4. The highest BCUT2D eigenvalue weighted by Crippen LogP contribution is 2.38. The summed E-state index contributed by atoms with van der Waals surface area (Å²) in [6, 6.07) is 17.3. The SMILES string of the molecule is O=C(O)CNC1CC2CCC(C1)N2Cc1cc2ccc(Oc3nc4ccccc4s3)cc2o1. The number of aromatic nitrogens is 1. The fraction of sp³-hybridized carbons (Fsp3) is 0.360. The first-order valence-electron chi connectivity index (χ1n) is 11.4. The monoisotopic (exact) mass is 463 g/mol. The number of hydrogen-bond acceptors (Lipinski definition) is 7. The quantitative estimate of drug-likeness (QED) is 0.399. The van der Waals surface area contributed by atoms with E-state index in [9.17, 15) is 4.79 Å². The zero-order chi connectivity index (χ0) is 22.4. The number of carboxylic acids is 1. The number of hydrogen-bond donors (Lipinski definition) is 2. The van der Waals surface area contributed by atoms with E-state index in [1.54, 1.807) is 0 Å². The van der Waals surface area contributed by atoms with Gasteiger partial charge in [-0.1, -0.05) is 23.5 Å². The largest absolute Gasteiger partial charge is 0.480 e. The van der Waals surface area contributed by atoms with Crippen LogP contribution in [0.25, 0.3) is 21.2 Å². The predicted molar refractivity (Wildman–Crippen MR) is 127 cm³/mol. The summed E-state index contributed by atoms with van der Waals surface area (Å²) in [4.78, 5) is 18.0. The number of ether oxygens (including phenoxy) is 1. The highest BCUT2D eigenvalue weighted by molar-refractivity contribution is 7.20. The van der Waals surface area contributed by atoms with E-state index in [0.29, 0.717) is 23.0 Å². The van der Waals surface area contributed by atoms with Crippen LogP contribution in [0.15, 0.2) is 52.9 Å². The highest BCUT2D eigenvalue weighted by Gasteiger charge is 2.40. The van der Waals surface area contributed by atoms with Gasteiger partial charge in [0.2, 0.25) is 0 Å². The van der Waals surface area contributed by atoms with Gasteiger partial charge in [0.05, 0.1) is 23.3 Å². The van der Waals surface area contributed by atoms with Gasteiger partial charge >= 0.3 is 5.97 Å². The maximum absolute atomic E-state index is 10.9. The van der Waals surface area contributed by atoms with Crippen LogP contribution in [0.3, 0.4) is 0 Å². The molecule has 2 atom stereocenters. The number of carboxylic acid groups (broad SMARTS) is 1. The summed E-state index contributed by atoms with van der Waals surface area (Å²) in [5.74, 6) is 0.877. The van der Waals surface area contributed by atoms with Crippen molar-refractivity contribution in [2.45, 2.75) is 50.4 Å². The lowest BCUT2D eigenvalue weighted by Crippen LogP contribution is -2.49. The molecule has 4 aromatic rings. The Hall–Kier alpha value is -2.94. The minimum Gasteiger partial charge on any atom is -0.480 e. The first-order valence-corrected chi connectivity index (χ1v) is 12.2. The van der Waals surface area contributed by atoms with Crippen LogP contribution in [0.1, 0.15) is 31.4 Å². The van der Waals surface area contributed by atoms with Crippen molar-refractivity contribution >= 4 is 38.5 Å². The molecule has 6 rings (SSSR count). The van der Waals surface area contributed by atoms with Crippen LogP contribution in [-0.2, 0) is 11.3 Å². The van der Waals surface area contributed by atoms with Gasteiger partial charge in [-0.2, -0.15) is 0 Å². The van der Waals surface area contributed by atoms with Crippen molar-refractivity contribution in [1.29, 1.82) is 0 Å². The Bertz CT molecular complexity index is 1270. The van der Waals surface area contributed by atoms with E-state index in [4.69, 9.17) is 14.3 Å². The molecule has 2 fully saturated rings. The summed E-state index contributed by atoms with van der Waals surface area (Å²) in [5.41, 5.74) is 1.75. The number of nitrogens with zero attached hydrogens (tertiary/aromatic N) is 2. The first kappa shape index (κ1) is 20.7. The summed E-state index contributed by atoms with van der Waals surface area (Å²) >= 11 is 1.53. The Labute approximate surface area is 195 Å². The van der Waals surface area contributed by atoms with Crippen LogP contribution in [-0.4, -0.2) is 45.6 Å². The normalized spacial score (nSPS) is 22.8. The molecular formula is C25H25N3O4S. The van der Waals surface area contributed by atoms with Crippen molar-refractivity contribution in [3.05, 3.63) is 54.3 Å². The number of furan rings is 1. The van der Waals surface area contributed by atoms with Crippen LogP contribution in [0.5, 0.6) is 10.9 Å². The van der Waals surface area contributed by atoms with E-state index < -0.39 is 5.97 Å². The van der Waals surface area contributed by atoms with Crippen LogP contribution in [0.4, 0.5) is 0 Å². The van der Waals surface area contributed by atoms with E-state index >= 15 is 0 Å². The Morgan fingerprint density at radius 3 is 2.79 bits per heavy atom. The number of rotatable bonds is 7. The van der Waals surface area contributed by atoms with Crippen molar-refractivity contribution in [2.24, 2.45) is 0 Å². The zero-order valence-electron chi connectivity index (χ0n) is 18.1. The van der Waals surface area contributed by atoms with Gasteiger partial charge < -0.3 is 19.6 Å². The molecule has 0 radical (unpaired) electrons. The third-order valence-electron chi connectivity index (χ3n) is 6.79. The smallest absolute Gasteiger partial charge is 0.317 e. The van der Waals surface area contributed by atoms with Gasteiger partial charge in [0, 0.05) is 29.6 Å². The van der Waals surface area contributed by atoms with Gasteiger partial charge in [-0.15, -0.1) is 0 Å². The summed E-state index contributed by atoms with van der Waals surface area (Å²) < 4.78 is 13.3. The number of nitrogens with one attached hydrogen (secondary N) is 1. The van der Waals surface area contributed by atoms with Crippen molar-refractivity contribution in [3.63, 3.8) is 0 Å². The minimum absolute atomic E-state index is 0.0368. The van der Waals surface area contributed by atoms with E-state index in [-0.39, 0.29) is 12.6 Å². The standard InChI is InChI=1S/C25H25N3O4S/c29-24(30)13-26-16-10-17-6-7-18(11-16)28(17)14-20-9-15-5-8-19(12-22(15)31-20)32-25-27-21-3-1-2-4-23(21)33-25/h1-5,8-9,12,16-18,26H,6-7,10-11,13-14H2,(H,29,30). The maximum atomic E-state index is 10.9. The van der Waals surface area contributed by atoms with Crippen LogP contribution in [0, 0.1) is 0 Å². The topological polar surface area (TPSA) is 87.8 Å². The Kier molecular flexibility index (Phi) is 5.28. The summed E-state index contributed by atoms with van der Waals surface area (Å²) in [6.45, 7) is 0.818. The molecule has 7 nitrogen and oxygen atoms in total. The van der Waals surface area contributed by atoms with Gasteiger partial charge in [0.1, 0.15) is 17.1 Å². The fourth-order valence-electron chi connectivity index (χ4n) is 5.31. The van der Waals surface area contributed by atoms with E-state index in [2.05, 4.69) is 21.3 Å². The van der Waals surface area contributed by atoms with Gasteiger partial charge in [-0.05, 0) is 56.0 Å². The molecule has 2 aliphatic heterocycles. The lowest BCUT2D eigenvalue weighted by Gasteiger charge is -2.38. The van der Waals surface area contributed by atoms with Gasteiger partial charge in [0.15, 0.2) is 0 Å². The van der Waals surface area contributed by atoms with Gasteiger partial charge in [-0.25, -0.2) is 4.98 Å². The second-order valence-corrected chi connectivity index (χ2v) is 9.96. The summed E-state index contributed by atoms with van der Waals surface area (Å²) in [5, 5.41) is 13.8. The minimum atomic E-state index is -0.793. The number of thiazole rings is 1. The van der Waals surface area contributed by atoms with Crippen molar-refractivity contribution in [1.82, 2.24) is 15.2 Å². The Morgan fingerprint density at radius 1 is 1.18 bits per heavy atom. The van der Waals surface area contributed by atoms with Gasteiger partial charge in [0.25, 0.3) is 5.19 Å². The second-order valence-electron chi connectivity index (χ2n) is 8.96. The van der Waals surface area contributed by atoms with Gasteiger partial charge in [-0.3, -0.25) is 9.69 Å². The summed E-state index contributed by atoms with van der Waals surface area (Å²) in [7, 11) is 0. The molecule has 0 aliphatic carbocycles. The molecule has 0 spiro atoms. The molecule has 2 aliphatic rings. The third-order valence-corrected chi connectivity index (χ3v) is 7.70. The molecular weight excluding hydrogens is 438 g/mol. The Morgan fingerprint density at radius 2 is 2.00 bits per heavy atom. The molecule has 2 unspecified atom stereocenters. The number of aliphatic carboxylic acids is 1. The number of para-hydroxylation sites is 1.